The van der Waals surface area contributed by atoms with Gasteiger partial charge in [0.15, 0.2) is 0 Å². The van der Waals surface area contributed by atoms with E-state index in [2.05, 4.69) is 5.97 Å². The van der Waals surface area contributed by atoms with Gasteiger partial charge in [-0.2, -0.15) is 0 Å². The van der Waals surface area contributed by atoms with Crippen LogP contribution < -0.4 is 0 Å². The van der Waals surface area contributed by atoms with Crippen molar-refractivity contribution in [3.63, 3.8) is 0 Å². The van der Waals surface area contributed by atoms with E-state index in [1.807, 2.05) is 0 Å². The van der Waals surface area contributed by atoms with E-state index in [0.717, 1.165) is 23.4 Å². The number of halogens is 1. The summed E-state index contributed by atoms with van der Waals surface area (Å²) >= 11 is 1.63. The molecule has 2 nitrogen and oxygen atoms in total. The van der Waals surface area contributed by atoms with Crippen molar-refractivity contribution in [2.75, 3.05) is 5.75 Å². The van der Waals surface area contributed by atoms with Crippen LogP contribution in [-0.4, -0.2) is 23.7 Å². The smallest absolute Gasteiger partial charge is 0.272 e. The number of nitrogens with zero attached hydrogens (tertiary/aromatic N) is 1. The molecule has 0 radical (unpaired) electrons. The lowest BCUT2D eigenvalue weighted by Gasteiger charge is -2.27. The summed E-state index contributed by atoms with van der Waals surface area (Å²) in [5.41, 5.74) is 0. The number of thioether (sulfide) groups is 1. The van der Waals surface area contributed by atoms with E-state index >= 15 is 0 Å². The van der Waals surface area contributed by atoms with Crippen LogP contribution in [0.15, 0.2) is 29.2 Å². The molecule has 0 bridgehead atoms. The van der Waals surface area contributed by atoms with Crippen LogP contribution in [0.3, 0.4) is 0 Å². The van der Waals surface area contributed by atoms with Crippen LogP contribution in [0.1, 0.15) is 12.8 Å². The summed E-state index contributed by atoms with van der Waals surface area (Å²) in [4.78, 5) is 1.01. The van der Waals surface area contributed by atoms with Gasteiger partial charge in [-0.15, -0.1) is 11.8 Å². The highest BCUT2D eigenvalue weighted by molar-refractivity contribution is 7.99. The van der Waals surface area contributed by atoms with Gasteiger partial charge in [0.2, 0.25) is 0 Å². The van der Waals surface area contributed by atoms with E-state index in [9.17, 15) is 9.50 Å². The molecule has 1 saturated heterocycles. The van der Waals surface area contributed by atoms with E-state index in [-0.39, 0.29) is 24.5 Å². The second-order valence-electron chi connectivity index (χ2n) is 4.73. The number of aliphatic hydroxyl groups excluding tert-OH is 1. The van der Waals surface area contributed by atoms with E-state index in [1.54, 1.807) is 23.9 Å². The van der Waals surface area contributed by atoms with Crippen molar-refractivity contribution in [2.24, 2.45) is 0 Å². The SMILES string of the molecule is N#CB1CCC(O)CC1CSc1ccc(F)cc1. The maximum Gasteiger partial charge on any atom is 0.272 e. The van der Waals surface area contributed by atoms with E-state index in [1.165, 1.54) is 12.1 Å². The second kappa shape index (κ2) is 6.26. The Balaban J connectivity index is 1.91. The third-order valence-electron chi connectivity index (χ3n) is 3.40. The molecule has 0 aliphatic carbocycles. The molecule has 1 N–H and O–H groups in total. The summed E-state index contributed by atoms with van der Waals surface area (Å²) in [6, 6.07) is 6.39. The Morgan fingerprint density at radius 1 is 1.44 bits per heavy atom. The molecule has 1 aliphatic rings. The van der Waals surface area contributed by atoms with Crippen LogP contribution in [0.5, 0.6) is 0 Å². The molecule has 1 fully saturated rings. The third-order valence-corrected chi connectivity index (χ3v) is 4.60. The normalized spacial score (nSPS) is 23.7. The van der Waals surface area contributed by atoms with Gasteiger partial charge in [0.1, 0.15) is 5.82 Å². The molecule has 1 aliphatic heterocycles. The molecule has 1 heterocycles. The maximum absolute atomic E-state index is 12.8. The summed E-state index contributed by atoms with van der Waals surface area (Å²) in [6.45, 7) is 0.0429. The Labute approximate surface area is 111 Å². The fourth-order valence-electron chi connectivity index (χ4n) is 2.33. The Morgan fingerprint density at radius 3 is 2.83 bits per heavy atom. The van der Waals surface area contributed by atoms with Crippen molar-refractivity contribution in [3.05, 3.63) is 30.1 Å². The summed E-state index contributed by atoms with van der Waals surface area (Å²) in [5, 5.41) is 18.7. The van der Waals surface area contributed by atoms with Crippen LogP contribution in [0.2, 0.25) is 12.1 Å². The van der Waals surface area contributed by atoms with E-state index in [0.29, 0.717) is 6.42 Å². The fourth-order valence-corrected chi connectivity index (χ4v) is 3.43. The molecule has 1 aromatic rings. The van der Waals surface area contributed by atoms with Crippen molar-refractivity contribution < 1.29 is 9.50 Å². The molecule has 0 saturated carbocycles. The highest BCUT2D eigenvalue weighted by Crippen LogP contribution is 2.34. The van der Waals surface area contributed by atoms with E-state index < -0.39 is 0 Å². The van der Waals surface area contributed by atoms with Crippen LogP contribution in [0, 0.1) is 17.0 Å². The largest absolute Gasteiger partial charge is 0.393 e. The first-order chi connectivity index (χ1) is 8.69. The summed E-state index contributed by atoms with van der Waals surface area (Å²) in [7, 11) is 0. The Kier molecular flexibility index (Phi) is 4.68. The van der Waals surface area contributed by atoms with Crippen LogP contribution >= 0.6 is 11.8 Å². The molecule has 5 heteroatoms. The molecule has 94 valence electrons. The van der Waals surface area contributed by atoms with Crippen LogP contribution in [-0.2, 0) is 0 Å². The van der Waals surface area contributed by atoms with Crippen molar-refractivity contribution in [1.29, 1.82) is 5.26 Å². The number of nitriles is 1. The topological polar surface area (TPSA) is 44.0 Å². The van der Waals surface area contributed by atoms with Gasteiger partial charge in [0.25, 0.3) is 6.71 Å². The number of benzene rings is 1. The number of hydrogen-bond acceptors (Lipinski definition) is 3. The molecule has 1 aromatic carbocycles. The van der Waals surface area contributed by atoms with Crippen molar-refractivity contribution in [3.8, 4) is 5.97 Å². The zero-order valence-electron chi connectivity index (χ0n) is 10.1. The van der Waals surface area contributed by atoms with E-state index in [4.69, 9.17) is 5.26 Å². The van der Waals surface area contributed by atoms with Gasteiger partial charge < -0.3 is 5.11 Å². The van der Waals surface area contributed by atoms with Gasteiger partial charge >= 0.3 is 0 Å². The quantitative estimate of drug-likeness (QED) is 0.673. The first kappa shape index (κ1) is 13.4. The average Bonchev–Trinajstić information content (AvgIpc) is 2.38. The molecule has 0 spiro atoms. The first-order valence-corrected chi connectivity index (χ1v) is 7.13. The average molecular weight is 263 g/mol. The van der Waals surface area contributed by atoms with Crippen molar-refractivity contribution >= 4 is 18.5 Å². The first-order valence-electron chi connectivity index (χ1n) is 6.15. The highest BCUT2D eigenvalue weighted by Gasteiger charge is 2.33. The Morgan fingerprint density at radius 2 is 2.17 bits per heavy atom. The van der Waals surface area contributed by atoms with Crippen molar-refractivity contribution in [2.45, 2.75) is 36.0 Å². The molecule has 18 heavy (non-hydrogen) atoms. The van der Waals surface area contributed by atoms with Gasteiger partial charge in [-0.05, 0) is 48.7 Å². The zero-order valence-corrected chi connectivity index (χ0v) is 10.9. The maximum atomic E-state index is 12.8. The monoisotopic (exact) mass is 263 g/mol. The van der Waals surface area contributed by atoms with Gasteiger partial charge in [-0.25, -0.2) is 9.65 Å². The van der Waals surface area contributed by atoms with Gasteiger partial charge in [-0.3, -0.25) is 0 Å². The minimum absolute atomic E-state index is 0.0429. The van der Waals surface area contributed by atoms with Crippen molar-refractivity contribution in [1.82, 2.24) is 0 Å². The third kappa shape index (κ3) is 3.50. The summed E-state index contributed by atoms with van der Waals surface area (Å²) < 4.78 is 12.8. The van der Waals surface area contributed by atoms with Gasteiger partial charge in [-0.1, -0.05) is 6.32 Å². The highest BCUT2D eigenvalue weighted by atomic mass is 32.2. The minimum Gasteiger partial charge on any atom is -0.393 e. The molecular weight excluding hydrogens is 248 g/mol. The lowest BCUT2D eigenvalue weighted by Crippen LogP contribution is -2.31. The molecule has 0 aromatic heterocycles. The number of aliphatic hydroxyl groups is 1. The molecule has 2 atom stereocenters. The molecule has 0 amide bonds. The fraction of sp³-hybridized carbons (Fsp3) is 0.462. The minimum atomic E-state index is -0.270. The van der Waals surface area contributed by atoms with Gasteiger partial charge in [0, 0.05) is 10.9 Å². The molecule has 2 unspecified atom stereocenters. The molecular formula is C13H15BFNOS. The lowest BCUT2D eigenvalue weighted by molar-refractivity contribution is 0.153. The Bertz CT molecular complexity index is 434. The summed E-state index contributed by atoms with van der Waals surface area (Å²) in [6.07, 6.45) is 1.95. The standard InChI is InChI=1S/C13H15BFNOS/c15-11-1-3-13(4-2-11)18-8-10-7-12(17)5-6-14(10)9-16/h1-4,10,12,17H,5-8H2. The predicted octanol–water partition coefficient (Wildman–Crippen LogP) is 3.00. The lowest BCUT2D eigenvalue weighted by atomic mass is 9.37. The summed E-state index contributed by atoms with van der Waals surface area (Å²) in [5.74, 6) is 3.14. The predicted molar refractivity (Wildman–Crippen MR) is 72.3 cm³/mol. The Hall–Kier alpha value is -0.985. The zero-order chi connectivity index (χ0) is 13.0. The van der Waals surface area contributed by atoms with Crippen LogP contribution in [0.25, 0.3) is 0 Å². The van der Waals surface area contributed by atoms with Gasteiger partial charge in [0.05, 0.1) is 6.10 Å². The second-order valence-corrected chi connectivity index (χ2v) is 5.82. The molecule has 2 rings (SSSR count). The van der Waals surface area contributed by atoms with Crippen LogP contribution in [0.4, 0.5) is 4.39 Å². The number of rotatable bonds is 3. The number of hydrogen-bond donors (Lipinski definition) is 1.